The molecule has 0 radical (unpaired) electrons. The minimum absolute atomic E-state index is 0.0477. The number of phenols is 1. The van der Waals surface area contributed by atoms with Crippen LogP contribution in [0.25, 0.3) is 0 Å². The molecule has 1 heterocycles. The summed E-state index contributed by atoms with van der Waals surface area (Å²) in [5.41, 5.74) is 1.53. The van der Waals surface area contributed by atoms with Crippen molar-refractivity contribution in [3.8, 4) is 5.75 Å². The largest absolute Gasteiger partial charge is 0.505 e. The van der Waals surface area contributed by atoms with Gasteiger partial charge in [-0.15, -0.1) is 0 Å². The fraction of sp³-hybridized carbons (Fsp3) is 0.538. The summed E-state index contributed by atoms with van der Waals surface area (Å²) in [6.45, 7) is 7.60. The number of nitrogens with one attached hydrogen (secondary N) is 1. The van der Waals surface area contributed by atoms with Gasteiger partial charge in [-0.1, -0.05) is 6.07 Å². The van der Waals surface area contributed by atoms with Crippen molar-refractivity contribution < 1.29 is 9.50 Å². The van der Waals surface area contributed by atoms with E-state index < -0.39 is 5.82 Å². The molecule has 1 saturated heterocycles. The second-order valence-electron chi connectivity index (χ2n) is 4.65. The average Bonchev–Trinajstić information content (AvgIpc) is 2.34. The molecule has 1 aliphatic rings. The molecule has 0 unspecified atom stereocenters. The van der Waals surface area contributed by atoms with E-state index in [4.69, 9.17) is 0 Å². The van der Waals surface area contributed by atoms with Crippen LogP contribution < -0.4 is 5.32 Å². The Labute approximate surface area is 101 Å². The van der Waals surface area contributed by atoms with E-state index in [0.717, 1.165) is 31.7 Å². The van der Waals surface area contributed by atoms with Crippen LogP contribution in [0.3, 0.4) is 0 Å². The van der Waals surface area contributed by atoms with Crippen molar-refractivity contribution in [2.45, 2.75) is 19.9 Å². The lowest BCUT2D eigenvalue weighted by molar-refractivity contribution is 0.182. The molecule has 17 heavy (non-hydrogen) atoms. The van der Waals surface area contributed by atoms with E-state index in [0.29, 0.717) is 5.56 Å². The third kappa shape index (κ3) is 2.58. The van der Waals surface area contributed by atoms with Gasteiger partial charge >= 0.3 is 0 Å². The molecule has 1 fully saturated rings. The Morgan fingerprint density at radius 2 is 2.00 bits per heavy atom. The van der Waals surface area contributed by atoms with Crippen LogP contribution in [0, 0.1) is 12.7 Å². The Balaban J connectivity index is 2.26. The molecule has 0 amide bonds. The van der Waals surface area contributed by atoms with Crippen LogP contribution in [-0.2, 0) is 0 Å². The van der Waals surface area contributed by atoms with E-state index in [1.165, 1.54) is 6.07 Å². The first kappa shape index (κ1) is 12.3. The van der Waals surface area contributed by atoms with Crippen LogP contribution in [0.2, 0.25) is 0 Å². The van der Waals surface area contributed by atoms with Crippen molar-refractivity contribution >= 4 is 0 Å². The van der Waals surface area contributed by atoms with Crippen LogP contribution in [0.4, 0.5) is 4.39 Å². The molecule has 0 aromatic heterocycles. The molecule has 1 atom stereocenters. The summed E-state index contributed by atoms with van der Waals surface area (Å²) in [6, 6.07) is 3.28. The molecule has 4 heteroatoms. The lowest BCUT2D eigenvalue weighted by Crippen LogP contribution is -2.44. The van der Waals surface area contributed by atoms with Crippen LogP contribution >= 0.6 is 0 Å². The first-order valence-electron chi connectivity index (χ1n) is 6.03. The number of benzene rings is 1. The first-order valence-corrected chi connectivity index (χ1v) is 6.03. The van der Waals surface area contributed by atoms with Gasteiger partial charge in [-0.25, -0.2) is 4.39 Å². The maximum Gasteiger partial charge on any atom is 0.165 e. The molecule has 1 aromatic carbocycles. The van der Waals surface area contributed by atoms with Crippen molar-refractivity contribution in [2.75, 3.05) is 26.2 Å². The summed E-state index contributed by atoms with van der Waals surface area (Å²) in [7, 11) is 0. The van der Waals surface area contributed by atoms with Crippen LogP contribution in [0.15, 0.2) is 12.1 Å². The average molecular weight is 238 g/mol. The number of phenolic OH excluding ortho intramolecular Hbond substituents is 1. The molecule has 3 nitrogen and oxygen atoms in total. The molecule has 0 saturated carbocycles. The summed E-state index contributed by atoms with van der Waals surface area (Å²) in [5, 5.41) is 13.1. The van der Waals surface area contributed by atoms with Gasteiger partial charge in [-0.2, -0.15) is 0 Å². The highest BCUT2D eigenvalue weighted by Gasteiger charge is 2.22. The Kier molecular flexibility index (Phi) is 3.64. The van der Waals surface area contributed by atoms with Gasteiger partial charge in [0, 0.05) is 37.8 Å². The summed E-state index contributed by atoms with van der Waals surface area (Å²) in [6.07, 6.45) is 0. The Morgan fingerprint density at radius 3 is 2.65 bits per heavy atom. The van der Waals surface area contributed by atoms with E-state index >= 15 is 0 Å². The fourth-order valence-corrected chi connectivity index (χ4v) is 2.35. The number of piperazine rings is 1. The summed E-state index contributed by atoms with van der Waals surface area (Å²) >= 11 is 0. The molecule has 1 aliphatic heterocycles. The molecule has 0 bridgehead atoms. The van der Waals surface area contributed by atoms with Gasteiger partial charge in [0.15, 0.2) is 11.6 Å². The third-order valence-electron chi connectivity index (χ3n) is 3.39. The smallest absolute Gasteiger partial charge is 0.165 e. The Hall–Kier alpha value is -1.13. The van der Waals surface area contributed by atoms with Gasteiger partial charge in [0.05, 0.1) is 0 Å². The van der Waals surface area contributed by atoms with Crippen LogP contribution in [-0.4, -0.2) is 36.2 Å². The number of aryl methyl sites for hydroxylation is 1. The standard InChI is InChI=1S/C13H19FN2O/c1-9-7-11(13(17)12(14)8-9)10(2)16-5-3-15-4-6-16/h7-8,10,15,17H,3-6H2,1-2H3/t10-/m0/s1. The van der Waals surface area contributed by atoms with Crippen molar-refractivity contribution in [2.24, 2.45) is 0 Å². The minimum atomic E-state index is -0.526. The maximum atomic E-state index is 13.5. The summed E-state index contributed by atoms with van der Waals surface area (Å²) < 4.78 is 13.5. The fourth-order valence-electron chi connectivity index (χ4n) is 2.35. The lowest BCUT2D eigenvalue weighted by Gasteiger charge is -2.33. The number of rotatable bonds is 2. The van der Waals surface area contributed by atoms with Gasteiger partial charge in [-0.3, -0.25) is 4.90 Å². The SMILES string of the molecule is Cc1cc(F)c(O)c([C@H](C)N2CCNCC2)c1. The van der Waals surface area contributed by atoms with Crippen molar-refractivity contribution in [3.63, 3.8) is 0 Å². The zero-order valence-corrected chi connectivity index (χ0v) is 10.3. The van der Waals surface area contributed by atoms with Gasteiger partial charge in [0.1, 0.15) is 0 Å². The lowest BCUT2D eigenvalue weighted by atomic mass is 10.0. The van der Waals surface area contributed by atoms with Gasteiger partial charge in [0.25, 0.3) is 0 Å². The van der Waals surface area contributed by atoms with Gasteiger partial charge in [0.2, 0.25) is 0 Å². The number of nitrogens with zero attached hydrogens (tertiary/aromatic N) is 1. The molecule has 94 valence electrons. The molecule has 2 rings (SSSR count). The highest BCUT2D eigenvalue weighted by molar-refractivity contribution is 5.39. The highest BCUT2D eigenvalue weighted by Crippen LogP contribution is 2.31. The Morgan fingerprint density at radius 1 is 1.35 bits per heavy atom. The van der Waals surface area contributed by atoms with E-state index in [1.54, 1.807) is 0 Å². The zero-order chi connectivity index (χ0) is 12.4. The number of halogens is 1. The molecule has 0 spiro atoms. The predicted molar refractivity (Wildman–Crippen MR) is 65.7 cm³/mol. The van der Waals surface area contributed by atoms with Crippen LogP contribution in [0.1, 0.15) is 24.1 Å². The number of hydrogen-bond acceptors (Lipinski definition) is 3. The molecule has 0 aliphatic carbocycles. The quantitative estimate of drug-likeness (QED) is 0.824. The number of hydrogen-bond donors (Lipinski definition) is 2. The second kappa shape index (κ2) is 5.02. The second-order valence-corrected chi connectivity index (χ2v) is 4.65. The van der Waals surface area contributed by atoms with E-state index in [-0.39, 0.29) is 11.8 Å². The van der Waals surface area contributed by atoms with Crippen molar-refractivity contribution in [1.82, 2.24) is 10.2 Å². The predicted octanol–water partition coefficient (Wildman–Crippen LogP) is 1.81. The summed E-state index contributed by atoms with van der Waals surface area (Å²) in [5.74, 6) is -0.733. The topological polar surface area (TPSA) is 35.5 Å². The minimum Gasteiger partial charge on any atom is -0.505 e. The first-order chi connectivity index (χ1) is 8.09. The monoisotopic (exact) mass is 238 g/mol. The van der Waals surface area contributed by atoms with Crippen molar-refractivity contribution in [1.29, 1.82) is 0 Å². The van der Waals surface area contributed by atoms with Crippen molar-refractivity contribution in [3.05, 3.63) is 29.1 Å². The highest BCUT2D eigenvalue weighted by atomic mass is 19.1. The summed E-state index contributed by atoms with van der Waals surface area (Å²) in [4.78, 5) is 2.25. The van der Waals surface area contributed by atoms with E-state index in [1.807, 2.05) is 19.9 Å². The molecular weight excluding hydrogens is 219 g/mol. The molecular formula is C13H19FN2O. The Bertz CT molecular complexity index is 403. The zero-order valence-electron chi connectivity index (χ0n) is 10.3. The normalized spacial score (nSPS) is 19.2. The third-order valence-corrected chi connectivity index (χ3v) is 3.39. The maximum absolute atomic E-state index is 13.5. The van der Waals surface area contributed by atoms with Gasteiger partial charge in [-0.05, 0) is 25.5 Å². The van der Waals surface area contributed by atoms with E-state index in [9.17, 15) is 9.50 Å². The van der Waals surface area contributed by atoms with Gasteiger partial charge < -0.3 is 10.4 Å². The molecule has 2 N–H and O–H groups in total. The number of aromatic hydroxyl groups is 1. The van der Waals surface area contributed by atoms with Crippen LogP contribution in [0.5, 0.6) is 5.75 Å². The van der Waals surface area contributed by atoms with E-state index in [2.05, 4.69) is 10.2 Å². The molecule has 1 aromatic rings.